The molecule has 2 rings (SSSR count). The molecule has 0 heterocycles. The molecule has 1 atom stereocenters. The number of urea groups is 1. The normalized spacial score (nSPS) is 16.2. The fraction of sp³-hybridized carbons (Fsp3) is 0.462. The Balaban J connectivity index is 1.87. The second kappa shape index (κ2) is 5.35. The second-order valence-corrected chi connectivity index (χ2v) is 4.67. The van der Waals surface area contributed by atoms with Gasteiger partial charge in [0.15, 0.2) is 0 Å². The predicted molar refractivity (Wildman–Crippen MR) is 65.5 cm³/mol. The molecular weight excluding hydrogens is 235 g/mol. The largest absolute Gasteiger partial charge is 0.387 e. The van der Waals surface area contributed by atoms with Crippen LogP contribution in [-0.4, -0.2) is 35.7 Å². The van der Waals surface area contributed by atoms with Crippen LogP contribution in [0.4, 0.5) is 9.18 Å². The van der Waals surface area contributed by atoms with Crippen LogP contribution in [0.3, 0.4) is 0 Å². The molecule has 0 spiro atoms. The summed E-state index contributed by atoms with van der Waals surface area (Å²) in [4.78, 5) is 13.1. The molecule has 0 aliphatic heterocycles. The van der Waals surface area contributed by atoms with Crippen molar-refractivity contribution in [1.29, 1.82) is 0 Å². The van der Waals surface area contributed by atoms with Gasteiger partial charge < -0.3 is 15.3 Å². The van der Waals surface area contributed by atoms with Crippen LogP contribution >= 0.6 is 0 Å². The summed E-state index contributed by atoms with van der Waals surface area (Å²) in [5, 5.41) is 12.8. The molecule has 1 aromatic rings. The van der Waals surface area contributed by atoms with Crippen molar-refractivity contribution in [3.63, 3.8) is 0 Å². The summed E-state index contributed by atoms with van der Waals surface area (Å²) >= 11 is 0. The first-order chi connectivity index (χ1) is 8.56. The van der Waals surface area contributed by atoms with E-state index in [4.69, 9.17) is 0 Å². The summed E-state index contributed by atoms with van der Waals surface area (Å²) < 4.78 is 12.7. The van der Waals surface area contributed by atoms with Gasteiger partial charge in [0.1, 0.15) is 5.82 Å². The molecule has 2 amide bonds. The highest BCUT2D eigenvalue weighted by Gasteiger charge is 2.25. The molecule has 1 unspecified atom stereocenters. The molecule has 5 heteroatoms. The van der Waals surface area contributed by atoms with Gasteiger partial charge in [0.25, 0.3) is 0 Å². The van der Waals surface area contributed by atoms with E-state index in [0.717, 1.165) is 12.8 Å². The van der Waals surface area contributed by atoms with Crippen LogP contribution in [0, 0.1) is 5.82 Å². The fourth-order valence-corrected chi connectivity index (χ4v) is 1.65. The highest BCUT2D eigenvalue weighted by molar-refractivity contribution is 5.74. The maximum absolute atomic E-state index is 12.7. The zero-order valence-corrected chi connectivity index (χ0v) is 10.3. The minimum Gasteiger partial charge on any atom is -0.387 e. The number of hydrogen-bond acceptors (Lipinski definition) is 2. The second-order valence-electron chi connectivity index (χ2n) is 4.67. The first-order valence-electron chi connectivity index (χ1n) is 6.01. The van der Waals surface area contributed by atoms with Crippen LogP contribution in [0.25, 0.3) is 0 Å². The molecule has 0 radical (unpaired) electrons. The molecule has 0 bridgehead atoms. The van der Waals surface area contributed by atoms with E-state index >= 15 is 0 Å². The maximum atomic E-state index is 12.7. The van der Waals surface area contributed by atoms with E-state index < -0.39 is 6.10 Å². The summed E-state index contributed by atoms with van der Waals surface area (Å²) in [6.45, 7) is 0.185. The molecule has 4 nitrogen and oxygen atoms in total. The number of rotatable bonds is 4. The SMILES string of the molecule is CN(CC(O)c1ccc(F)cc1)C(=O)NC1CC1. The number of aliphatic hydroxyl groups excluding tert-OH is 1. The number of likely N-dealkylation sites (N-methyl/N-ethyl adjacent to an activating group) is 1. The van der Waals surface area contributed by atoms with Gasteiger partial charge in [-0.2, -0.15) is 0 Å². The van der Waals surface area contributed by atoms with E-state index in [2.05, 4.69) is 5.32 Å². The van der Waals surface area contributed by atoms with E-state index in [1.807, 2.05) is 0 Å². The van der Waals surface area contributed by atoms with Crippen molar-refractivity contribution in [1.82, 2.24) is 10.2 Å². The van der Waals surface area contributed by atoms with Crippen LogP contribution in [0.15, 0.2) is 24.3 Å². The van der Waals surface area contributed by atoms with E-state index in [9.17, 15) is 14.3 Å². The van der Waals surface area contributed by atoms with Crippen molar-refractivity contribution in [3.05, 3.63) is 35.6 Å². The van der Waals surface area contributed by atoms with E-state index in [1.54, 1.807) is 7.05 Å². The van der Waals surface area contributed by atoms with E-state index in [-0.39, 0.29) is 18.4 Å². The molecule has 18 heavy (non-hydrogen) atoms. The molecule has 1 aromatic carbocycles. The summed E-state index contributed by atoms with van der Waals surface area (Å²) in [7, 11) is 1.63. The average Bonchev–Trinajstić information content (AvgIpc) is 3.13. The molecule has 0 saturated heterocycles. The lowest BCUT2D eigenvalue weighted by atomic mass is 10.1. The Kier molecular flexibility index (Phi) is 3.81. The van der Waals surface area contributed by atoms with Crippen molar-refractivity contribution in [2.75, 3.05) is 13.6 Å². The topological polar surface area (TPSA) is 52.6 Å². The number of amides is 2. The third-order valence-electron chi connectivity index (χ3n) is 2.95. The first-order valence-corrected chi connectivity index (χ1v) is 6.01. The molecule has 0 aromatic heterocycles. The maximum Gasteiger partial charge on any atom is 0.317 e. The Labute approximate surface area is 105 Å². The standard InChI is InChI=1S/C13H17FN2O2/c1-16(13(18)15-11-6-7-11)8-12(17)9-2-4-10(14)5-3-9/h2-5,11-12,17H,6-8H2,1H3,(H,15,18). The zero-order chi connectivity index (χ0) is 13.1. The lowest BCUT2D eigenvalue weighted by molar-refractivity contribution is 0.131. The number of halogens is 1. The first kappa shape index (κ1) is 12.8. The number of carbonyl (C=O) groups is 1. The monoisotopic (exact) mass is 252 g/mol. The minimum atomic E-state index is -0.805. The van der Waals surface area contributed by atoms with E-state index in [1.165, 1.54) is 29.2 Å². The number of nitrogens with zero attached hydrogens (tertiary/aromatic N) is 1. The molecule has 2 N–H and O–H groups in total. The van der Waals surface area contributed by atoms with Crippen LogP contribution in [0.2, 0.25) is 0 Å². The van der Waals surface area contributed by atoms with Crippen molar-refractivity contribution in [2.24, 2.45) is 0 Å². The fourth-order valence-electron chi connectivity index (χ4n) is 1.65. The van der Waals surface area contributed by atoms with Gasteiger partial charge >= 0.3 is 6.03 Å². The van der Waals surface area contributed by atoms with Gasteiger partial charge in [-0.1, -0.05) is 12.1 Å². The highest BCUT2D eigenvalue weighted by Crippen LogP contribution is 2.19. The summed E-state index contributed by atoms with van der Waals surface area (Å²) in [6, 6.07) is 5.74. The number of nitrogens with one attached hydrogen (secondary N) is 1. The van der Waals surface area contributed by atoms with Crippen LogP contribution in [0.1, 0.15) is 24.5 Å². The van der Waals surface area contributed by atoms with Gasteiger partial charge in [0.2, 0.25) is 0 Å². The Bertz CT molecular complexity index is 418. The Morgan fingerprint density at radius 1 is 1.50 bits per heavy atom. The highest BCUT2D eigenvalue weighted by atomic mass is 19.1. The van der Waals surface area contributed by atoms with Gasteiger partial charge in [0, 0.05) is 13.1 Å². The Morgan fingerprint density at radius 3 is 2.67 bits per heavy atom. The van der Waals surface area contributed by atoms with Gasteiger partial charge in [-0.15, -0.1) is 0 Å². The number of hydrogen-bond donors (Lipinski definition) is 2. The third-order valence-corrected chi connectivity index (χ3v) is 2.95. The summed E-state index contributed by atoms with van der Waals surface area (Å²) in [6.07, 6.45) is 1.25. The lowest BCUT2D eigenvalue weighted by Crippen LogP contribution is -2.40. The molecule has 1 aliphatic carbocycles. The van der Waals surface area contributed by atoms with Crippen molar-refractivity contribution >= 4 is 6.03 Å². The minimum absolute atomic E-state index is 0.182. The summed E-state index contributed by atoms with van der Waals surface area (Å²) in [5.74, 6) is -0.342. The summed E-state index contributed by atoms with van der Waals surface area (Å²) in [5.41, 5.74) is 0.600. The number of aliphatic hydroxyl groups is 1. The lowest BCUT2D eigenvalue weighted by Gasteiger charge is -2.21. The third kappa shape index (κ3) is 3.43. The smallest absolute Gasteiger partial charge is 0.317 e. The van der Waals surface area contributed by atoms with Gasteiger partial charge in [-0.3, -0.25) is 0 Å². The van der Waals surface area contributed by atoms with Crippen molar-refractivity contribution < 1.29 is 14.3 Å². The van der Waals surface area contributed by atoms with Gasteiger partial charge in [-0.05, 0) is 30.5 Å². The molecule has 98 valence electrons. The van der Waals surface area contributed by atoms with Gasteiger partial charge in [0.05, 0.1) is 12.6 Å². The molecule has 1 aliphatic rings. The van der Waals surface area contributed by atoms with E-state index in [0.29, 0.717) is 11.6 Å². The molecule has 1 saturated carbocycles. The Hall–Kier alpha value is -1.62. The quantitative estimate of drug-likeness (QED) is 0.856. The molecular formula is C13H17FN2O2. The molecule has 1 fully saturated rings. The number of benzene rings is 1. The Morgan fingerprint density at radius 2 is 2.11 bits per heavy atom. The van der Waals surface area contributed by atoms with Crippen LogP contribution in [-0.2, 0) is 0 Å². The number of carbonyl (C=O) groups excluding carboxylic acids is 1. The average molecular weight is 252 g/mol. The van der Waals surface area contributed by atoms with Crippen molar-refractivity contribution in [3.8, 4) is 0 Å². The van der Waals surface area contributed by atoms with Crippen LogP contribution in [0.5, 0.6) is 0 Å². The predicted octanol–water partition coefficient (Wildman–Crippen LogP) is 1.66. The zero-order valence-electron chi connectivity index (χ0n) is 10.3. The van der Waals surface area contributed by atoms with Crippen LogP contribution < -0.4 is 5.32 Å². The van der Waals surface area contributed by atoms with Gasteiger partial charge in [-0.25, -0.2) is 9.18 Å². The van der Waals surface area contributed by atoms with Crippen molar-refractivity contribution in [2.45, 2.75) is 25.0 Å².